The van der Waals surface area contributed by atoms with Crippen LogP contribution in [0.5, 0.6) is 0 Å². The summed E-state index contributed by atoms with van der Waals surface area (Å²) in [5.74, 6) is 0.121. The van der Waals surface area contributed by atoms with E-state index in [1.54, 1.807) is 6.07 Å². The average Bonchev–Trinajstić information content (AvgIpc) is 3.24. The molecule has 0 saturated heterocycles. The first-order valence-corrected chi connectivity index (χ1v) is 12.3. The van der Waals surface area contributed by atoms with E-state index in [1.807, 2.05) is 0 Å². The number of amides is 1. The van der Waals surface area contributed by atoms with Gasteiger partial charge < -0.3 is 0 Å². The maximum Gasteiger partial charge on any atom is 0.250 e. The predicted molar refractivity (Wildman–Crippen MR) is 130 cm³/mol. The molecule has 3 aromatic rings. The maximum atomic E-state index is 13.8. The molecular formula is C24H25ClFN5OS. The molecule has 1 amide bonds. The molecule has 1 aliphatic carbocycles. The van der Waals surface area contributed by atoms with Gasteiger partial charge in [-0.1, -0.05) is 78.5 Å². The molecule has 0 atom stereocenters. The van der Waals surface area contributed by atoms with E-state index in [4.69, 9.17) is 11.6 Å². The smallest absolute Gasteiger partial charge is 0.250 e. The number of nitrogens with zero attached hydrogens (tertiary/aromatic N) is 4. The fourth-order valence-electron chi connectivity index (χ4n) is 3.91. The Bertz CT molecular complexity index is 1120. The molecule has 1 aliphatic rings. The third-order valence-electron chi connectivity index (χ3n) is 5.63. The Morgan fingerprint density at radius 2 is 1.97 bits per heavy atom. The van der Waals surface area contributed by atoms with E-state index in [0.717, 1.165) is 24.2 Å². The van der Waals surface area contributed by atoms with Gasteiger partial charge in [0.1, 0.15) is 5.82 Å². The molecule has 1 heterocycles. The summed E-state index contributed by atoms with van der Waals surface area (Å²) in [7, 11) is 0. The van der Waals surface area contributed by atoms with Crippen LogP contribution in [0.3, 0.4) is 0 Å². The van der Waals surface area contributed by atoms with Crippen molar-refractivity contribution < 1.29 is 9.18 Å². The Balaban J connectivity index is 1.46. The summed E-state index contributed by atoms with van der Waals surface area (Å²) < 4.78 is 16.0. The first-order chi connectivity index (χ1) is 16.0. The zero-order valence-corrected chi connectivity index (χ0v) is 19.9. The monoisotopic (exact) mass is 485 g/mol. The van der Waals surface area contributed by atoms with Gasteiger partial charge in [-0.25, -0.2) is 9.82 Å². The normalized spacial score (nSPS) is 14.6. The third-order valence-corrected chi connectivity index (χ3v) is 6.90. The minimum atomic E-state index is -0.501. The van der Waals surface area contributed by atoms with Crippen LogP contribution >= 0.6 is 23.4 Å². The number of hydrogen-bond donors (Lipinski definition) is 1. The minimum Gasteiger partial charge on any atom is -0.299 e. The van der Waals surface area contributed by atoms with Gasteiger partial charge in [0.25, 0.3) is 5.91 Å². The van der Waals surface area contributed by atoms with Gasteiger partial charge >= 0.3 is 0 Å². The zero-order chi connectivity index (χ0) is 23.2. The number of hydrazone groups is 1. The summed E-state index contributed by atoms with van der Waals surface area (Å²) in [6.07, 6.45) is 6.95. The maximum absolute atomic E-state index is 13.8. The molecule has 0 bridgehead atoms. The van der Waals surface area contributed by atoms with Crippen molar-refractivity contribution >= 4 is 35.5 Å². The summed E-state index contributed by atoms with van der Waals surface area (Å²) in [5, 5.41) is 13.7. The molecule has 1 aromatic heterocycles. The van der Waals surface area contributed by atoms with Crippen molar-refractivity contribution in [3.63, 3.8) is 0 Å². The van der Waals surface area contributed by atoms with E-state index < -0.39 is 5.82 Å². The van der Waals surface area contributed by atoms with Crippen molar-refractivity contribution in [3.05, 3.63) is 64.4 Å². The van der Waals surface area contributed by atoms with Crippen molar-refractivity contribution in [2.24, 2.45) is 5.10 Å². The molecule has 33 heavy (non-hydrogen) atoms. The van der Waals surface area contributed by atoms with Gasteiger partial charge in [0.05, 0.1) is 17.0 Å². The molecule has 2 aromatic carbocycles. The molecule has 0 spiro atoms. The van der Waals surface area contributed by atoms with Crippen LogP contribution in [0.2, 0.25) is 5.02 Å². The van der Waals surface area contributed by atoms with Crippen LogP contribution in [0.1, 0.15) is 49.3 Å². The van der Waals surface area contributed by atoms with Crippen molar-refractivity contribution in [1.29, 1.82) is 0 Å². The highest BCUT2D eigenvalue weighted by molar-refractivity contribution is 7.99. The van der Waals surface area contributed by atoms with Gasteiger partial charge in [0.2, 0.25) is 0 Å². The lowest BCUT2D eigenvalue weighted by Crippen LogP contribution is -2.21. The molecule has 1 saturated carbocycles. The number of halogens is 2. The van der Waals surface area contributed by atoms with Crippen LogP contribution in [0.25, 0.3) is 11.4 Å². The lowest BCUT2D eigenvalue weighted by Gasteiger charge is -2.25. The summed E-state index contributed by atoms with van der Waals surface area (Å²) in [5.41, 5.74) is 4.76. The number of thioether (sulfide) groups is 1. The first kappa shape index (κ1) is 23.4. The SMILES string of the molecule is Cc1ccc(-c2nnc(SCC(=O)N/N=C\c3c(F)cccc3Cl)n2C2CCCCC2)cc1. The fraction of sp³-hybridized carbons (Fsp3) is 0.333. The highest BCUT2D eigenvalue weighted by Crippen LogP contribution is 2.35. The third kappa shape index (κ3) is 5.81. The fourth-order valence-corrected chi connectivity index (χ4v) is 4.92. The second-order valence-corrected chi connectivity index (χ2v) is 9.40. The number of carbonyl (C=O) groups excluding carboxylic acids is 1. The van der Waals surface area contributed by atoms with Gasteiger partial charge in [-0.3, -0.25) is 9.36 Å². The van der Waals surface area contributed by atoms with Crippen molar-refractivity contribution in [3.8, 4) is 11.4 Å². The summed E-state index contributed by atoms with van der Waals surface area (Å²) >= 11 is 7.30. The highest BCUT2D eigenvalue weighted by Gasteiger charge is 2.24. The Hall–Kier alpha value is -2.71. The minimum absolute atomic E-state index is 0.112. The molecule has 9 heteroatoms. The second-order valence-electron chi connectivity index (χ2n) is 8.05. The number of aryl methyl sites for hydroxylation is 1. The van der Waals surface area contributed by atoms with E-state index in [9.17, 15) is 9.18 Å². The average molecular weight is 486 g/mol. The van der Waals surface area contributed by atoms with Crippen LogP contribution in [0, 0.1) is 12.7 Å². The topological polar surface area (TPSA) is 72.2 Å². The Morgan fingerprint density at radius 3 is 2.70 bits per heavy atom. The number of aromatic nitrogens is 3. The van der Waals surface area contributed by atoms with Crippen molar-refractivity contribution in [2.75, 3.05) is 5.75 Å². The number of rotatable bonds is 7. The summed E-state index contributed by atoms with van der Waals surface area (Å²) in [4.78, 5) is 12.3. The van der Waals surface area contributed by atoms with Crippen molar-refractivity contribution in [1.82, 2.24) is 20.2 Å². The first-order valence-electron chi connectivity index (χ1n) is 10.9. The summed E-state index contributed by atoms with van der Waals surface area (Å²) in [6, 6.07) is 12.9. The molecule has 0 aliphatic heterocycles. The van der Waals surface area contributed by atoms with Gasteiger partial charge in [0.15, 0.2) is 11.0 Å². The molecule has 1 fully saturated rings. The largest absolute Gasteiger partial charge is 0.299 e. The number of benzene rings is 2. The van der Waals surface area contributed by atoms with Gasteiger partial charge in [0, 0.05) is 17.2 Å². The molecule has 172 valence electrons. The number of carbonyl (C=O) groups is 1. The molecule has 0 radical (unpaired) electrons. The van der Waals surface area contributed by atoms with Gasteiger partial charge in [-0.15, -0.1) is 10.2 Å². The Labute approximate surface area is 201 Å². The predicted octanol–water partition coefficient (Wildman–Crippen LogP) is 5.79. The van der Waals surface area contributed by atoms with Crippen LogP contribution in [0.4, 0.5) is 4.39 Å². The Kier molecular flexibility index (Phi) is 7.77. The molecule has 6 nitrogen and oxygen atoms in total. The van der Waals surface area contributed by atoms with Gasteiger partial charge in [-0.05, 0) is 31.9 Å². The van der Waals surface area contributed by atoms with Crippen LogP contribution in [-0.2, 0) is 4.79 Å². The van der Waals surface area contributed by atoms with E-state index in [-0.39, 0.29) is 22.2 Å². The van der Waals surface area contributed by atoms with Crippen LogP contribution in [0.15, 0.2) is 52.7 Å². The number of hydrogen-bond acceptors (Lipinski definition) is 5. The second kappa shape index (κ2) is 10.9. The molecular weight excluding hydrogens is 461 g/mol. The molecule has 1 N–H and O–H groups in total. The van der Waals surface area contributed by atoms with Crippen LogP contribution in [-0.4, -0.2) is 32.6 Å². The lowest BCUT2D eigenvalue weighted by atomic mass is 9.95. The summed E-state index contributed by atoms with van der Waals surface area (Å²) in [6.45, 7) is 2.05. The van der Waals surface area contributed by atoms with E-state index >= 15 is 0 Å². The Morgan fingerprint density at radius 1 is 1.21 bits per heavy atom. The van der Waals surface area contributed by atoms with Gasteiger partial charge in [-0.2, -0.15) is 5.10 Å². The van der Waals surface area contributed by atoms with Crippen LogP contribution < -0.4 is 5.43 Å². The zero-order valence-electron chi connectivity index (χ0n) is 18.3. The van der Waals surface area contributed by atoms with E-state index in [0.29, 0.717) is 11.2 Å². The van der Waals surface area contributed by atoms with Crippen molar-refractivity contribution in [2.45, 2.75) is 50.2 Å². The van der Waals surface area contributed by atoms with E-state index in [2.05, 4.69) is 56.5 Å². The molecule has 4 rings (SSSR count). The standard InChI is InChI=1S/C24H25ClFN5OS/c1-16-10-12-17(13-11-16)23-29-30-24(31(23)18-6-3-2-4-7-18)33-15-22(32)28-27-14-19-20(25)8-5-9-21(19)26/h5,8-14,18H,2-4,6-7,15H2,1H3,(H,28,32)/b27-14-. The number of nitrogens with one attached hydrogen (secondary N) is 1. The molecule has 0 unspecified atom stereocenters. The highest BCUT2D eigenvalue weighted by atomic mass is 35.5. The quantitative estimate of drug-likeness (QED) is 0.261. The van der Waals surface area contributed by atoms with E-state index in [1.165, 1.54) is 54.9 Å². The lowest BCUT2D eigenvalue weighted by molar-refractivity contribution is -0.118.